The third kappa shape index (κ3) is 5.38. The molecule has 0 heterocycles. The number of rotatable bonds is 8. The summed E-state index contributed by atoms with van der Waals surface area (Å²) in [5.74, 6) is 1.37. The summed E-state index contributed by atoms with van der Waals surface area (Å²) in [6.07, 6.45) is 0.856. The first-order valence-corrected chi connectivity index (χ1v) is 9.95. The fourth-order valence-electron chi connectivity index (χ4n) is 3.14. The van der Waals surface area contributed by atoms with Crippen LogP contribution in [-0.4, -0.2) is 12.5 Å². The van der Waals surface area contributed by atoms with Gasteiger partial charge in [-0.3, -0.25) is 4.79 Å². The summed E-state index contributed by atoms with van der Waals surface area (Å²) in [6, 6.07) is 21.2. The average molecular weight is 389 g/mol. The van der Waals surface area contributed by atoms with Gasteiger partial charge in [-0.25, -0.2) is 0 Å². The van der Waals surface area contributed by atoms with E-state index in [1.54, 1.807) is 6.07 Å². The molecule has 0 aliphatic carbocycles. The van der Waals surface area contributed by atoms with E-state index in [0.717, 1.165) is 40.3 Å². The van der Waals surface area contributed by atoms with Crippen molar-refractivity contribution in [2.45, 2.75) is 33.8 Å². The highest BCUT2D eigenvalue weighted by atomic mass is 16.5. The molecule has 1 amide bonds. The van der Waals surface area contributed by atoms with Gasteiger partial charge in [0.2, 0.25) is 0 Å². The topological polar surface area (TPSA) is 47.6 Å². The van der Waals surface area contributed by atoms with Crippen LogP contribution in [0.25, 0.3) is 0 Å². The Kier molecular flexibility index (Phi) is 6.90. The van der Waals surface area contributed by atoms with Crippen LogP contribution in [0.3, 0.4) is 0 Å². The summed E-state index contributed by atoms with van der Waals surface area (Å²) in [5, 5.41) is 3.02. The van der Waals surface area contributed by atoms with Crippen molar-refractivity contribution in [1.82, 2.24) is 0 Å². The minimum atomic E-state index is -0.147. The normalized spacial score (nSPS) is 10.4. The first-order valence-electron chi connectivity index (χ1n) is 9.95. The monoisotopic (exact) mass is 389 g/mol. The van der Waals surface area contributed by atoms with Crippen LogP contribution in [0.4, 0.5) is 5.69 Å². The van der Waals surface area contributed by atoms with Crippen LogP contribution in [-0.2, 0) is 13.0 Å². The molecule has 0 aliphatic heterocycles. The zero-order chi connectivity index (χ0) is 20.6. The predicted octanol–water partition coefficient (Wildman–Crippen LogP) is 5.79. The van der Waals surface area contributed by atoms with Crippen molar-refractivity contribution in [3.05, 3.63) is 89.0 Å². The first-order chi connectivity index (χ1) is 14.1. The van der Waals surface area contributed by atoms with Gasteiger partial charge in [0.25, 0.3) is 5.91 Å². The molecule has 0 aromatic heterocycles. The van der Waals surface area contributed by atoms with Gasteiger partial charge in [-0.05, 0) is 67.8 Å². The molecule has 0 saturated heterocycles. The molecule has 0 saturated carbocycles. The maximum Gasteiger partial charge on any atom is 0.255 e. The SMILES string of the molecule is CCOc1ccc(C(=O)Nc2ccccc2CC)cc1COc1cccc(C)c1. The second-order valence-electron chi connectivity index (χ2n) is 6.83. The van der Waals surface area contributed by atoms with Gasteiger partial charge in [0, 0.05) is 16.8 Å². The van der Waals surface area contributed by atoms with Crippen molar-refractivity contribution >= 4 is 11.6 Å². The molecule has 0 spiro atoms. The Morgan fingerprint density at radius 2 is 1.72 bits per heavy atom. The van der Waals surface area contributed by atoms with Crippen LogP contribution in [0.2, 0.25) is 0 Å². The molecular weight excluding hydrogens is 362 g/mol. The molecule has 3 aromatic carbocycles. The smallest absolute Gasteiger partial charge is 0.255 e. The van der Waals surface area contributed by atoms with E-state index in [0.29, 0.717) is 18.8 Å². The van der Waals surface area contributed by atoms with Crippen molar-refractivity contribution < 1.29 is 14.3 Å². The van der Waals surface area contributed by atoms with Gasteiger partial charge in [0.1, 0.15) is 18.1 Å². The Hall–Kier alpha value is -3.27. The van der Waals surface area contributed by atoms with Crippen molar-refractivity contribution in [3.63, 3.8) is 0 Å². The second-order valence-corrected chi connectivity index (χ2v) is 6.83. The molecule has 3 aromatic rings. The molecule has 0 aliphatic rings. The lowest BCUT2D eigenvalue weighted by Gasteiger charge is -2.14. The molecule has 0 atom stereocenters. The number of para-hydroxylation sites is 1. The second kappa shape index (κ2) is 9.78. The number of nitrogens with one attached hydrogen (secondary N) is 1. The van der Waals surface area contributed by atoms with Crippen LogP contribution in [0.15, 0.2) is 66.7 Å². The molecule has 0 radical (unpaired) electrons. The van der Waals surface area contributed by atoms with E-state index in [4.69, 9.17) is 9.47 Å². The predicted molar refractivity (Wildman–Crippen MR) is 117 cm³/mol. The number of aryl methyl sites for hydroxylation is 2. The Balaban J connectivity index is 1.80. The number of ether oxygens (including phenoxy) is 2. The number of amides is 1. The number of anilines is 1. The number of benzene rings is 3. The van der Waals surface area contributed by atoms with Gasteiger partial charge >= 0.3 is 0 Å². The molecule has 1 N–H and O–H groups in total. The fourth-order valence-corrected chi connectivity index (χ4v) is 3.14. The van der Waals surface area contributed by atoms with Crippen molar-refractivity contribution in [3.8, 4) is 11.5 Å². The van der Waals surface area contributed by atoms with E-state index >= 15 is 0 Å². The van der Waals surface area contributed by atoms with E-state index in [1.807, 2.05) is 74.5 Å². The maximum atomic E-state index is 12.8. The van der Waals surface area contributed by atoms with Crippen LogP contribution in [0, 0.1) is 6.92 Å². The van der Waals surface area contributed by atoms with Crippen LogP contribution >= 0.6 is 0 Å². The lowest BCUT2D eigenvalue weighted by Crippen LogP contribution is -2.14. The Morgan fingerprint density at radius 3 is 2.48 bits per heavy atom. The minimum absolute atomic E-state index is 0.147. The lowest BCUT2D eigenvalue weighted by atomic mass is 10.1. The third-order valence-electron chi connectivity index (χ3n) is 4.65. The van der Waals surface area contributed by atoms with E-state index in [-0.39, 0.29) is 5.91 Å². The van der Waals surface area contributed by atoms with Crippen LogP contribution < -0.4 is 14.8 Å². The highest BCUT2D eigenvalue weighted by Gasteiger charge is 2.13. The van der Waals surface area contributed by atoms with Gasteiger partial charge in [0.05, 0.1) is 6.61 Å². The Labute approximate surface area is 172 Å². The van der Waals surface area contributed by atoms with Crippen molar-refractivity contribution in [2.24, 2.45) is 0 Å². The largest absolute Gasteiger partial charge is 0.493 e. The highest BCUT2D eigenvalue weighted by molar-refractivity contribution is 6.04. The Morgan fingerprint density at radius 1 is 0.897 bits per heavy atom. The minimum Gasteiger partial charge on any atom is -0.493 e. The molecule has 0 unspecified atom stereocenters. The molecular formula is C25H27NO3. The molecule has 3 rings (SSSR count). The van der Waals surface area contributed by atoms with Gasteiger partial charge in [-0.15, -0.1) is 0 Å². The lowest BCUT2D eigenvalue weighted by molar-refractivity contribution is 0.102. The summed E-state index contributed by atoms with van der Waals surface area (Å²) in [5.41, 5.74) is 4.49. The maximum absolute atomic E-state index is 12.8. The van der Waals surface area contributed by atoms with Gasteiger partial charge in [-0.2, -0.15) is 0 Å². The van der Waals surface area contributed by atoms with Crippen molar-refractivity contribution in [2.75, 3.05) is 11.9 Å². The highest BCUT2D eigenvalue weighted by Crippen LogP contribution is 2.24. The van der Waals surface area contributed by atoms with Crippen molar-refractivity contribution in [1.29, 1.82) is 0 Å². The molecule has 4 nitrogen and oxygen atoms in total. The molecule has 4 heteroatoms. The summed E-state index contributed by atoms with van der Waals surface area (Å²) in [6.45, 7) is 6.91. The quantitative estimate of drug-likeness (QED) is 0.531. The van der Waals surface area contributed by atoms with Gasteiger partial charge in [0.15, 0.2) is 0 Å². The number of carbonyl (C=O) groups excluding carboxylic acids is 1. The average Bonchev–Trinajstić information content (AvgIpc) is 2.73. The molecule has 29 heavy (non-hydrogen) atoms. The fraction of sp³-hybridized carbons (Fsp3) is 0.240. The molecule has 0 bridgehead atoms. The van der Waals surface area contributed by atoms with E-state index in [1.165, 1.54) is 0 Å². The van der Waals surface area contributed by atoms with E-state index in [9.17, 15) is 4.79 Å². The standard InChI is InChI=1S/C25H27NO3/c1-4-19-10-6-7-12-23(19)26-25(27)20-13-14-24(28-5-2)21(16-20)17-29-22-11-8-9-18(3)15-22/h6-16H,4-5,17H2,1-3H3,(H,26,27). The summed E-state index contributed by atoms with van der Waals surface area (Å²) in [4.78, 5) is 12.8. The molecule has 0 fully saturated rings. The number of hydrogen-bond acceptors (Lipinski definition) is 3. The Bertz CT molecular complexity index is 981. The summed E-state index contributed by atoms with van der Waals surface area (Å²) in [7, 11) is 0. The first kappa shape index (κ1) is 20.5. The van der Waals surface area contributed by atoms with Crippen LogP contribution in [0.1, 0.15) is 40.9 Å². The number of hydrogen-bond donors (Lipinski definition) is 1. The van der Waals surface area contributed by atoms with E-state index in [2.05, 4.69) is 12.2 Å². The van der Waals surface area contributed by atoms with Gasteiger partial charge < -0.3 is 14.8 Å². The zero-order valence-corrected chi connectivity index (χ0v) is 17.2. The zero-order valence-electron chi connectivity index (χ0n) is 17.2. The van der Waals surface area contributed by atoms with Gasteiger partial charge in [-0.1, -0.05) is 37.3 Å². The van der Waals surface area contributed by atoms with Crippen LogP contribution in [0.5, 0.6) is 11.5 Å². The van der Waals surface area contributed by atoms with E-state index < -0.39 is 0 Å². The number of carbonyl (C=O) groups is 1. The third-order valence-corrected chi connectivity index (χ3v) is 4.65. The molecule has 150 valence electrons. The summed E-state index contributed by atoms with van der Waals surface area (Å²) >= 11 is 0. The summed E-state index contributed by atoms with van der Waals surface area (Å²) < 4.78 is 11.7.